The lowest BCUT2D eigenvalue weighted by atomic mass is 10.1. The Hall–Kier alpha value is -1.53. The van der Waals surface area contributed by atoms with Crippen molar-refractivity contribution in [3.63, 3.8) is 0 Å². The third-order valence-electron chi connectivity index (χ3n) is 2.56. The van der Waals surface area contributed by atoms with E-state index in [1.165, 1.54) is 0 Å². The predicted octanol–water partition coefficient (Wildman–Crippen LogP) is 2.52. The normalized spacial score (nSPS) is 10.7. The molecule has 0 radical (unpaired) electrons. The third kappa shape index (κ3) is 3.92. The number of hydrogen-bond donors (Lipinski definition) is 1. The molecule has 0 aromatic heterocycles. The highest BCUT2D eigenvalue weighted by atomic mass is 16.3. The molecule has 3 nitrogen and oxygen atoms in total. The molecule has 0 amide bonds. The van der Waals surface area contributed by atoms with E-state index in [-0.39, 0.29) is 5.75 Å². The number of nitrogens with zero attached hydrogens (tertiary/aromatic N) is 2. The van der Waals surface area contributed by atoms with Gasteiger partial charge >= 0.3 is 0 Å². The molecule has 0 unspecified atom stereocenters. The van der Waals surface area contributed by atoms with Crippen LogP contribution in [0.5, 0.6) is 5.75 Å². The van der Waals surface area contributed by atoms with Gasteiger partial charge in [-0.25, -0.2) is 0 Å². The van der Waals surface area contributed by atoms with E-state index in [0.29, 0.717) is 12.5 Å². The summed E-state index contributed by atoms with van der Waals surface area (Å²) < 4.78 is 0. The molecule has 0 aliphatic heterocycles. The number of nitriles is 1. The molecule has 86 valence electrons. The van der Waals surface area contributed by atoms with Gasteiger partial charge in [-0.05, 0) is 31.5 Å². The van der Waals surface area contributed by atoms with Gasteiger partial charge in [0.15, 0.2) is 0 Å². The predicted molar refractivity (Wildman–Crippen MR) is 63.9 cm³/mol. The minimum atomic E-state index is 0.289. The van der Waals surface area contributed by atoms with Crippen LogP contribution in [0.3, 0.4) is 0 Å². The number of benzene rings is 1. The van der Waals surface area contributed by atoms with Gasteiger partial charge in [0.05, 0.1) is 6.07 Å². The van der Waals surface area contributed by atoms with Gasteiger partial charge in [-0.1, -0.05) is 12.1 Å². The van der Waals surface area contributed by atoms with E-state index in [9.17, 15) is 5.11 Å². The van der Waals surface area contributed by atoms with E-state index in [4.69, 9.17) is 5.26 Å². The second kappa shape index (κ2) is 6.14. The van der Waals surface area contributed by atoms with Gasteiger partial charge in [-0.3, -0.25) is 4.90 Å². The molecule has 0 fully saturated rings. The SMILES string of the molecule is CC(C)N(CCC#N)Cc1ccc(O)cc1. The Morgan fingerprint density at radius 2 is 1.94 bits per heavy atom. The van der Waals surface area contributed by atoms with Gasteiger partial charge in [0.25, 0.3) is 0 Å². The average molecular weight is 218 g/mol. The Bertz CT molecular complexity index is 351. The second-order valence-electron chi connectivity index (χ2n) is 4.14. The van der Waals surface area contributed by atoms with E-state index in [0.717, 1.165) is 18.7 Å². The molecule has 1 aromatic carbocycles. The second-order valence-corrected chi connectivity index (χ2v) is 4.14. The summed E-state index contributed by atoms with van der Waals surface area (Å²) in [6.07, 6.45) is 0.552. The van der Waals surface area contributed by atoms with Crippen LogP contribution >= 0.6 is 0 Å². The van der Waals surface area contributed by atoms with E-state index < -0.39 is 0 Å². The number of rotatable bonds is 5. The van der Waals surface area contributed by atoms with Gasteiger partial charge in [0, 0.05) is 25.6 Å². The van der Waals surface area contributed by atoms with Crippen LogP contribution in [-0.4, -0.2) is 22.6 Å². The Morgan fingerprint density at radius 1 is 1.31 bits per heavy atom. The summed E-state index contributed by atoms with van der Waals surface area (Å²) in [5.74, 6) is 0.289. The standard InChI is InChI=1S/C13H18N2O/c1-11(2)15(9-3-8-14)10-12-4-6-13(16)7-5-12/h4-7,11,16H,3,9-10H2,1-2H3. The van der Waals surface area contributed by atoms with Crippen LogP contribution in [0.1, 0.15) is 25.8 Å². The fraction of sp³-hybridized carbons (Fsp3) is 0.462. The van der Waals surface area contributed by atoms with Crippen molar-refractivity contribution in [2.75, 3.05) is 6.54 Å². The largest absolute Gasteiger partial charge is 0.508 e. The smallest absolute Gasteiger partial charge is 0.115 e. The van der Waals surface area contributed by atoms with Crippen LogP contribution in [0.25, 0.3) is 0 Å². The van der Waals surface area contributed by atoms with E-state index in [1.807, 2.05) is 12.1 Å². The molecule has 0 aliphatic carbocycles. The third-order valence-corrected chi connectivity index (χ3v) is 2.56. The molecule has 0 saturated carbocycles. The first-order valence-corrected chi connectivity index (χ1v) is 5.52. The monoisotopic (exact) mass is 218 g/mol. The fourth-order valence-electron chi connectivity index (χ4n) is 1.55. The molecule has 16 heavy (non-hydrogen) atoms. The van der Waals surface area contributed by atoms with Crippen molar-refractivity contribution >= 4 is 0 Å². The van der Waals surface area contributed by atoms with Crippen LogP contribution < -0.4 is 0 Å². The van der Waals surface area contributed by atoms with Crippen LogP contribution in [-0.2, 0) is 6.54 Å². The number of phenols is 1. The molecular formula is C13H18N2O. The molecule has 1 N–H and O–H groups in total. The van der Waals surface area contributed by atoms with Crippen molar-refractivity contribution in [3.05, 3.63) is 29.8 Å². The topological polar surface area (TPSA) is 47.3 Å². The highest BCUT2D eigenvalue weighted by Crippen LogP contribution is 2.13. The lowest BCUT2D eigenvalue weighted by Gasteiger charge is -2.25. The minimum Gasteiger partial charge on any atom is -0.508 e. The molecule has 0 saturated heterocycles. The number of phenolic OH excluding ortho intramolecular Hbond substituents is 1. The number of aromatic hydroxyl groups is 1. The maximum absolute atomic E-state index is 9.18. The first kappa shape index (κ1) is 12.5. The molecule has 1 rings (SSSR count). The zero-order valence-corrected chi connectivity index (χ0v) is 9.85. The summed E-state index contributed by atoms with van der Waals surface area (Å²) in [7, 11) is 0. The molecule has 0 aliphatic rings. The molecule has 0 atom stereocenters. The van der Waals surface area contributed by atoms with Crippen molar-refractivity contribution < 1.29 is 5.11 Å². The zero-order chi connectivity index (χ0) is 12.0. The van der Waals surface area contributed by atoms with Crippen molar-refractivity contribution in [2.45, 2.75) is 32.9 Å². The van der Waals surface area contributed by atoms with Crippen molar-refractivity contribution in [1.29, 1.82) is 5.26 Å². The fourth-order valence-corrected chi connectivity index (χ4v) is 1.55. The summed E-state index contributed by atoms with van der Waals surface area (Å²) in [6, 6.07) is 9.80. The van der Waals surface area contributed by atoms with E-state index in [1.54, 1.807) is 12.1 Å². The first-order valence-electron chi connectivity index (χ1n) is 5.52. The summed E-state index contributed by atoms with van der Waals surface area (Å²) >= 11 is 0. The first-order chi connectivity index (χ1) is 7.63. The summed E-state index contributed by atoms with van der Waals surface area (Å²) in [5.41, 5.74) is 1.16. The van der Waals surface area contributed by atoms with Crippen LogP contribution in [0.2, 0.25) is 0 Å². The Kier molecular flexibility index (Phi) is 4.81. The van der Waals surface area contributed by atoms with Gasteiger partial charge in [0.1, 0.15) is 5.75 Å². The summed E-state index contributed by atoms with van der Waals surface area (Å²) in [4.78, 5) is 2.25. The van der Waals surface area contributed by atoms with Crippen molar-refractivity contribution in [1.82, 2.24) is 4.90 Å². The van der Waals surface area contributed by atoms with Crippen LogP contribution in [0.4, 0.5) is 0 Å². The molecule has 1 aromatic rings. The molecule has 0 spiro atoms. The average Bonchev–Trinajstić information content (AvgIpc) is 2.26. The van der Waals surface area contributed by atoms with Crippen LogP contribution in [0.15, 0.2) is 24.3 Å². The quantitative estimate of drug-likeness (QED) is 0.826. The van der Waals surface area contributed by atoms with E-state index >= 15 is 0 Å². The van der Waals surface area contributed by atoms with Crippen molar-refractivity contribution in [3.8, 4) is 11.8 Å². The van der Waals surface area contributed by atoms with Crippen LogP contribution in [0, 0.1) is 11.3 Å². The Labute approximate surface area is 96.9 Å². The highest BCUT2D eigenvalue weighted by molar-refractivity contribution is 5.25. The van der Waals surface area contributed by atoms with Gasteiger partial charge in [-0.15, -0.1) is 0 Å². The van der Waals surface area contributed by atoms with E-state index in [2.05, 4.69) is 24.8 Å². The number of hydrogen-bond acceptors (Lipinski definition) is 3. The van der Waals surface area contributed by atoms with Gasteiger partial charge < -0.3 is 5.11 Å². The summed E-state index contributed by atoms with van der Waals surface area (Å²) in [6.45, 7) is 5.85. The minimum absolute atomic E-state index is 0.289. The molecule has 0 bridgehead atoms. The maximum Gasteiger partial charge on any atom is 0.115 e. The molecule has 3 heteroatoms. The summed E-state index contributed by atoms with van der Waals surface area (Å²) in [5, 5.41) is 17.8. The lowest BCUT2D eigenvalue weighted by molar-refractivity contribution is 0.218. The Morgan fingerprint density at radius 3 is 2.44 bits per heavy atom. The van der Waals surface area contributed by atoms with Crippen molar-refractivity contribution in [2.24, 2.45) is 0 Å². The van der Waals surface area contributed by atoms with Gasteiger partial charge in [0.2, 0.25) is 0 Å². The molecular weight excluding hydrogens is 200 g/mol. The molecule has 0 heterocycles. The van der Waals surface area contributed by atoms with Gasteiger partial charge in [-0.2, -0.15) is 5.26 Å². The highest BCUT2D eigenvalue weighted by Gasteiger charge is 2.09. The lowest BCUT2D eigenvalue weighted by Crippen LogP contribution is -2.31. The zero-order valence-electron chi connectivity index (χ0n) is 9.85. The Balaban J connectivity index is 2.61. The maximum atomic E-state index is 9.18.